The second kappa shape index (κ2) is 7.74. The number of hydrogen-bond donors (Lipinski definition) is 2. The summed E-state index contributed by atoms with van der Waals surface area (Å²) < 4.78 is 18.0. The Morgan fingerprint density at radius 1 is 1.12 bits per heavy atom. The first kappa shape index (κ1) is 16.9. The largest absolute Gasteiger partial charge is 0.484 e. The third-order valence-corrected chi connectivity index (χ3v) is 3.96. The third kappa shape index (κ3) is 4.76. The molecular weight excluding hydrogens is 325 g/mol. The van der Waals surface area contributed by atoms with Crippen LogP contribution in [0.2, 0.25) is 0 Å². The monoisotopic (exact) mass is 343 g/mol. The lowest BCUT2D eigenvalue weighted by molar-refractivity contribution is -0.122. The third-order valence-electron chi connectivity index (χ3n) is 3.96. The summed E-state index contributed by atoms with van der Waals surface area (Å²) in [5, 5.41) is 5.39. The van der Waals surface area contributed by atoms with Crippen LogP contribution in [0.4, 0.5) is 15.9 Å². The summed E-state index contributed by atoms with van der Waals surface area (Å²) >= 11 is 0. The predicted molar refractivity (Wildman–Crippen MR) is 90.7 cm³/mol. The van der Waals surface area contributed by atoms with Gasteiger partial charge < -0.3 is 15.4 Å². The Morgan fingerprint density at radius 3 is 2.48 bits per heavy atom. The molecule has 1 saturated carbocycles. The number of hydrogen-bond acceptors (Lipinski definition) is 4. The molecule has 7 heteroatoms. The first-order chi connectivity index (χ1) is 12.1. The molecule has 1 aromatic carbocycles. The summed E-state index contributed by atoms with van der Waals surface area (Å²) in [7, 11) is 0. The Kier molecular flexibility index (Phi) is 5.23. The van der Waals surface area contributed by atoms with Gasteiger partial charge >= 0.3 is 0 Å². The second-order valence-electron chi connectivity index (χ2n) is 5.84. The molecule has 6 nitrogen and oxygen atoms in total. The molecule has 25 heavy (non-hydrogen) atoms. The highest BCUT2D eigenvalue weighted by atomic mass is 19.1. The van der Waals surface area contributed by atoms with E-state index >= 15 is 0 Å². The Morgan fingerprint density at radius 2 is 1.88 bits per heavy atom. The maximum Gasteiger partial charge on any atom is 0.263 e. The van der Waals surface area contributed by atoms with Gasteiger partial charge in [0, 0.05) is 5.92 Å². The number of nitrogens with zero attached hydrogens (tertiary/aromatic N) is 1. The minimum absolute atomic E-state index is 0.0116. The van der Waals surface area contributed by atoms with Gasteiger partial charge in [-0.25, -0.2) is 9.37 Å². The van der Waals surface area contributed by atoms with Crippen LogP contribution in [0.1, 0.15) is 19.3 Å². The molecule has 1 aliphatic carbocycles. The summed E-state index contributed by atoms with van der Waals surface area (Å²) in [5.41, 5.74) is 0.595. The molecule has 0 bridgehead atoms. The van der Waals surface area contributed by atoms with E-state index in [4.69, 9.17) is 4.74 Å². The lowest BCUT2D eigenvalue weighted by Crippen LogP contribution is -2.28. The zero-order valence-corrected chi connectivity index (χ0v) is 13.5. The van der Waals surface area contributed by atoms with Crippen molar-refractivity contribution in [3.63, 3.8) is 0 Å². The standard InChI is InChI=1S/C18H18FN3O3/c19-13-4-7-15(8-5-13)25-11-17(23)22-16-9-6-14(10-20-16)21-18(24)12-2-1-3-12/h4-10,12H,1-3,11H2,(H,21,24)(H,20,22,23). The van der Waals surface area contributed by atoms with Crippen molar-refractivity contribution in [2.45, 2.75) is 19.3 Å². The fourth-order valence-corrected chi connectivity index (χ4v) is 2.32. The number of rotatable bonds is 6. The molecule has 1 aromatic heterocycles. The van der Waals surface area contributed by atoms with E-state index in [1.165, 1.54) is 30.5 Å². The molecule has 0 saturated heterocycles. The SMILES string of the molecule is O=C(COc1ccc(F)cc1)Nc1ccc(NC(=O)C2CCC2)cn1. The van der Waals surface area contributed by atoms with Crippen LogP contribution in [0.15, 0.2) is 42.6 Å². The summed E-state index contributed by atoms with van der Waals surface area (Å²) in [5.74, 6) is 0.113. The van der Waals surface area contributed by atoms with Crippen LogP contribution < -0.4 is 15.4 Å². The average molecular weight is 343 g/mol. The average Bonchev–Trinajstić information content (AvgIpc) is 2.54. The molecule has 130 valence electrons. The normalized spacial score (nSPS) is 13.6. The Balaban J connectivity index is 1.46. The smallest absolute Gasteiger partial charge is 0.263 e. The second-order valence-corrected chi connectivity index (χ2v) is 5.84. The van der Waals surface area contributed by atoms with Gasteiger partial charge in [-0.05, 0) is 49.2 Å². The van der Waals surface area contributed by atoms with Gasteiger partial charge in [-0.2, -0.15) is 0 Å². The molecule has 2 N–H and O–H groups in total. The fraction of sp³-hybridized carbons (Fsp3) is 0.278. The number of carbonyl (C=O) groups is 2. The van der Waals surface area contributed by atoms with Crippen LogP contribution in [-0.2, 0) is 9.59 Å². The molecule has 3 rings (SSSR count). The van der Waals surface area contributed by atoms with Crippen LogP contribution in [0.3, 0.4) is 0 Å². The van der Waals surface area contributed by atoms with E-state index in [9.17, 15) is 14.0 Å². The highest BCUT2D eigenvalue weighted by Gasteiger charge is 2.25. The van der Waals surface area contributed by atoms with Gasteiger partial charge in [-0.3, -0.25) is 9.59 Å². The van der Waals surface area contributed by atoms with Crippen LogP contribution in [0.25, 0.3) is 0 Å². The molecule has 0 atom stereocenters. The van der Waals surface area contributed by atoms with E-state index in [0.717, 1.165) is 19.3 Å². The molecule has 0 spiro atoms. The molecule has 1 heterocycles. The van der Waals surface area contributed by atoms with Crippen molar-refractivity contribution in [1.82, 2.24) is 4.98 Å². The Hall–Kier alpha value is -2.96. The number of pyridine rings is 1. The van der Waals surface area contributed by atoms with E-state index in [0.29, 0.717) is 17.3 Å². The number of benzene rings is 1. The van der Waals surface area contributed by atoms with Crippen molar-refractivity contribution in [1.29, 1.82) is 0 Å². The van der Waals surface area contributed by atoms with Gasteiger partial charge in [0.1, 0.15) is 17.4 Å². The topological polar surface area (TPSA) is 80.3 Å². The van der Waals surface area contributed by atoms with E-state index in [-0.39, 0.29) is 30.2 Å². The maximum absolute atomic E-state index is 12.8. The predicted octanol–water partition coefficient (Wildman–Crippen LogP) is 2.98. The van der Waals surface area contributed by atoms with E-state index in [1.54, 1.807) is 12.1 Å². The number of amides is 2. The van der Waals surface area contributed by atoms with Gasteiger partial charge in [0.2, 0.25) is 5.91 Å². The van der Waals surface area contributed by atoms with Gasteiger partial charge in [-0.1, -0.05) is 6.42 Å². The maximum atomic E-state index is 12.8. The number of aromatic nitrogens is 1. The van der Waals surface area contributed by atoms with Crippen molar-refractivity contribution in [2.75, 3.05) is 17.2 Å². The van der Waals surface area contributed by atoms with Crippen molar-refractivity contribution < 1.29 is 18.7 Å². The molecular formula is C18H18FN3O3. The number of ether oxygens (including phenoxy) is 1. The molecule has 0 unspecified atom stereocenters. The summed E-state index contributed by atoms with van der Waals surface area (Å²) in [4.78, 5) is 27.8. The van der Waals surface area contributed by atoms with Crippen molar-refractivity contribution in [3.8, 4) is 5.75 Å². The number of carbonyl (C=O) groups excluding carboxylic acids is 2. The first-order valence-corrected chi connectivity index (χ1v) is 8.05. The van der Waals surface area contributed by atoms with Gasteiger partial charge in [0.25, 0.3) is 5.91 Å². The minimum Gasteiger partial charge on any atom is -0.484 e. The fourth-order valence-electron chi connectivity index (χ4n) is 2.32. The summed E-state index contributed by atoms with van der Waals surface area (Å²) in [6, 6.07) is 8.68. The molecule has 2 amide bonds. The highest BCUT2D eigenvalue weighted by Crippen LogP contribution is 2.27. The molecule has 1 fully saturated rings. The molecule has 0 radical (unpaired) electrons. The number of halogens is 1. The van der Waals surface area contributed by atoms with Crippen molar-refractivity contribution in [3.05, 3.63) is 48.4 Å². The number of nitrogens with one attached hydrogen (secondary N) is 2. The summed E-state index contributed by atoms with van der Waals surface area (Å²) in [6.07, 6.45) is 4.46. The quantitative estimate of drug-likeness (QED) is 0.845. The highest BCUT2D eigenvalue weighted by molar-refractivity contribution is 5.93. The van der Waals surface area contributed by atoms with Crippen molar-refractivity contribution >= 4 is 23.3 Å². The van der Waals surface area contributed by atoms with Gasteiger partial charge in [0.15, 0.2) is 6.61 Å². The van der Waals surface area contributed by atoms with Crippen LogP contribution in [-0.4, -0.2) is 23.4 Å². The minimum atomic E-state index is -0.386. The summed E-state index contributed by atoms with van der Waals surface area (Å²) in [6.45, 7) is -0.215. The van der Waals surface area contributed by atoms with Gasteiger partial charge in [-0.15, -0.1) is 0 Å². The van der Waals surface area contributed by atoms with E-state index in [1.807, 2.05) is 0 Å². The zero-order chi connectivity index (χ0) is 17.6. The van der Waals surface area contributed by atoms with E-state index < -0.39 is 0 Å². The molecule has 2 aromatic rings. The Bertz CT molecular complexity index is 743. The lowest BCUT2D eigenvalue weighted by atomic mass is 9.85. The van der Waals surface area contributed by atoms with Crippen molar-refractivity contribution in [2.24, 2.45) is 5.92 Å². The number of anilines is 2. The van der Waals surface area contributed by atoms with Gasteiger partial charge in [0.05, 0.1) is 11.9 Å². The first-order valence-electron chi connectivity index (χ1n) is 8.05. The van der Waals surface area contributed by atoms with E-state index in [2.05, 4.69) is 15.6 Å². The Labute approximate surface area is 144 Å². The van der Waals surface area contributed by atoms with Crippen LogP contribution in [0, 0.1) is 11.7 Å². The van der Waals surface area contributed by atoms with Crippen LogP contribution >= 0.6 is 0 Å². The molecule has 0 aliphatic heterocycles. The molecule has 1 aliphatic rings. The van der Waals surface area contributed by atoms with Crippen LogP contribution in [0.5, 0.6) is 5.75 Å². The lowest BCUT2D eigenvalue weighted by Gasteiger charge is -2.23. The zero-order valence-electron chi connectivity index (χ0n) is 13.5.